The summed E-state index contributed by atoms with van der Waals surface area (Å²) in [5, 5.41) is 3.35. The number of rotatable bonds is 4. The van der Waals surface area contributed by atoms with Gasteiger partial charge in [-0.05, 0) is 63.3 Å². The molecule has 5 rings (SSSR count). The number of hydrogen-bond acceptors (Lipinski definition) is 6. The summed E-state index contributed by atoms with van der Waals surface area (Å²) < 4.78 is 5.51. The van der Waals surface area contributed by atoms with Crippen molar-refractivity contribution in [3.63, 3.8) is 0 Å². The number of aromatic nitrogens is 1. The maximum atomic E-state index is 13.3. The second-order valence-electron chi connectivity index (χ2n) is 10.5. The summed E-state index contributed by atoms with van der Waals surface area (Å²) in [7, 11) is 2.15. The summed E-state index contributed by atoms with van der Waals surface area (Å²) in [5.41, 5.74) is 2.10. The van der Waals surface area contributed by atoms with Crippen molar-refractivity contribution in [2.24, 2.45) is 0 Å². The summed E-state index contributed by atoms with van der Waals surface area (Å²) in [6, 6.07) is 2.43. The first kappa shape index (κ1) is 22.7. The van der Waals surface area contributed by atoms with Gasteiger partial charge in [0, 0.05) is 63.9 Å². The van der Waals surface area contributed by atoms with Crippen LogP contribution in [0.3, 0.4) is 0 Å². The van der Waals surface area contributed by atoms with Gasteiger partial charge in [0.05, 0.1) is 12.0 Å². The summed E-state index contributed by atoms with van der Waals surface area (Å²) in [5.74, 6) is 0.179. The minimum absolute atomic E-state index is 0.0419. The van der Waals surface area contributed by atoms with E-state index in [4.69, 9.17) is 4.74 Å². The molecule has 5 heterocycles. The molecule has 0 radical (unpaired) electrons. The molecule has 33 heavy (non-hydrogen) atoms. The molecular weight excluding hydrogens is 418 g/mol. The molecule has 4 fully saturated rings. The standard InChI is InChI=1S/C25H37N5O3/c1-18-3-8-26-15-19(18)16-29-9-6-25(7-10-29)14-23(31)30-17-21(13-22(30)24(32)27-25)28(2)20-4-11-33-12-5-20/h3,8,15,20-22H,4-7,9-14,16-17H2,1-2H3,(H,27,32)/t21-,22-/m0/s1. The number of likely N-dealkylation sites (N-methyl/N-ethyl adjacent to an activating group) is 1. The van der Waals surface area contributed by atoms with Gasteiger partial charge in [-0.2, -0.15) is 0 Å². The Kier molecular flexibility index (Phi) is 6.42. The number of ether oxygens (including phenoxy) is 1. The minimum Gasteiger partial charge on any atom is -0.381 e. The van der Waals surface area contributed by atoms with Gasteiger partial charge >= 0.3 is 0 Å². The van der Waals surface area contributed by atoms with E-state index >= 15 is 0 Å². The van der Waals surface area contributed by atoms with E-state index in [1.165, 1.54) is 11.1 Å². The SMILES string of the molecule is Cc1ccncc1CN1CCC2(CC1)CC(=O)N1C[C@@H](N(C)C3CCOCC3)C[C@H]1C(=O)N2. The Bertz CT molecular complexity index is 851. The lowest BCUT2D eigenvalue weighted by Crippen LogP contribution is -2.56. The summed E-state index contributed by atoms with van der Waals surface area (Å²) >= 11 is 0. The van der Waals surface area contributed by atoms with Crippen molar-refractivity contribution in [2.45, 2.75) is 75.7 Å². The highest BCUT2D eigenvalue weighted by atomic mass is 16.5. The Balaban J connectivity index is 1.21. The van der Waals surface area contributed by atoms with E-state index in [0.717, 1.165) is 65.0 Å². The van der Waals surface area contributed by atoms with E-state index in [1.807, 2.05) is 23.4 Å². The molecule has 0 aromatic carbocycles. The van der Waals surface area contributed by atoms with Crippen molar-refractivity contribution in [3.05, 3.63) is 29.6 Å². The van der Waals surface area contributed by atoms with Crippen LogP contribution in [0.4, 0.5) is 0 Å². The number of nitrogens with one attached hydrogen (secondary N) is 1. The second kappa shape index (κ2) is 9.31. The summed E-state index contributed by atoms with van der Waals surface area (Å²) in [6.45, 7) is 7.00. The average molecular weight is 456 g/mol. The fourth-order valence-corrected chi connectivity index (χ4v) is 6.15. The third-order valence-corrected chi connectivity index (χ3v) is 8.48. The number of piperidine rings is 1. The fourth-order valence-electron chi connectivity index (χ4n) is 6.15. The molecule has 2 amide bonds. The number of likely N-dealkylation sites (tertiary alicyclic amines) is 1. The van der Waals surface area contributed by atoms with Crippen molar-refractivity contribution < 1.29 is 14.3 Å². The van der Waals surface area contributed by atoms with Crippen LogP contribution in [-0.4, -0.2) is 95.1 Å². The molecule has 4 saturated heterocycles. The minimum atomic E-state index is -0.402. The largest absolute Gasteiger partial charge is 0.381 e. The molecule has 8 heteroatoms. The van der Waals surface area contributed by atoms with Crippen molar-refractivity contribution in [1.29, 1.82) is 0 Å². The molecule has 1 spiro atoms. The predicted octanol–water partition coefficient (Wildman–Crippen LogP) is 1.32. The summed E-state index contributed by atoms with van der Waals surface area (Å²) in [6.07, 6.45) is 8.60. The molecule has 4 aliphatic rings. The van der Waals surface area contributed by atoms with Crippen LogP contribution in [-0.2, 0) is 20.9 Å². The molecule has 0 bridgehead atoms. The van der Waals surface area contributed by atoms with Gasteiger partial charge < -0.3 is 15.0 Å². The zero-order valence-corrected chi connectivity index (χ0v) is 20.0. The lowest BCUT2D eigenvalue weighted by Gasteiger charge is -2.41. The normalized spacial score (nSPS) is 28.8. The lowest BCUT2D eigenvalue weighted by atomic mass is 9.83. The Labute approximate surface area is 196 Å². The Morgan fingerprint density at radius 2 is 1.97 bits per heavy atom. The van der Waals surface area contributed by atoms with Gasteiger partial charge in [-0.15, -0.1) is 0 Å². The molecule has 4 aliphatic heterocycles. The maximum absolute atomic E-state index is 13.3. The molecule has 0 aliphatic carbocycles. The van der Waals surface area contributed by atoms with Crippen molar-refractivity contribution in [1.82, 2.24) is 25.0 Å². The van der Waals surface area contributed by atoms with Gasteiger partial charge in [-0.25, -0.2) is 0 Å². The molecule has 1 N–H and O–H groups in total. The molecule has 1 aromatic rings. The van der Waals surface area contributed by atoms with Crippen LogP contribution in [0.15, 0.2) is 18.5 Å². The number of nitrogens with zero attached hydrogens (tertiary/aromatic N) is 4. The molecule has 180 valence electrons. The Morgan fingerprint density at radius 3 is 2.70 bits per heavy atom. The van der Waals surface area contributed by atoms with Crippen LogP contribution in [0.1, 0.15) is 49.7 Å². The van der Waals surface area contributed by atoms with E-state index in [9.17, 15) is 9.59 Å². The van der Waals surface area contributed by atoms with E-state index < -0.39 is 5.54 Å². The maximum Gasteiger partial charge on any atom is 0.243 e. The molecule has 0 saturated carbocycles. The number of fused-ring (bicyclic) bond motifs is 1. The number of carbonyl (C=O) groups excluding carboxylic acids is 2. The highest BCUT2D eigenvalue weighted by Crippen LogP contribution is 2.34. The van der Waals surface area contributed by atoms with Gasteiger partial charge in [0.1, 0.15) is 6.04 Å². The monoisotopic (exact) mass is 455 g/mol. The molecule has 1 aromatic heterocycles. The first-order chi connectivity index (χ1) is 15.9. The van der Waals surface area contributed by atoms with E-state index in [2.05, 4.69) is 34.1 Å². The van der Waals surface area contributed by atoms with Crippen molar-refractivity contribution >= 4 is 11.8 Å². The Morgan fingerprint density at radius 1 is 1.21 bits per heavy atom. The fraction of sp³-hybridized carbons (Fsp3) is 0.720. The number of aryl methyl sites for hydroxylation is 1. The topological polar surface area (TPSA) is 78.0 Å². The second-order valence-corrected chi connectivity index (χ2v) is 10.5. The van der Waals surface area contributed by atoms with Gasteiger partial charge in [-0.1, -0.05) is 0 Å². The van der Waals surface area contributed by atoms with E-state index in [0.29, 0.717) is 19.0 Å². The number of pyridine rings is 1. The number of hydrogen-bond donors (Lipinski definition) is 1. The van der Waals surface area contributed by atoms with Crippen molar-refractivity contribution in [3.8, 4) is 0 Å². The van der Waals surface area contributed by atoms with E-state index in [1.54, 1.807) is 0 Å². The predicted molar refractivity (Wildman–Crippen MR) is 124 cm³/mol. The van der Waals surface area contributed by atoms with Gasteiger partial charge in [0.2, 0.25) is 11.8 Å². The van der Waals surface area contributed by atoms with Crippen LogP contribution in [0, 0.1) is 6.92 Å². The highest BCUT2D eigenvalue weighted by molar-refractivity contribution is 5.92. The van der Waals surface area contributed by atoms with Crippen LogP contribution >= 0.6 is 0 Å². The van der Waals surface area contributed by atoms with Crippen LogP contribution in [0.5, 0.6) is 0 Å². The number of carbonyl (C=O) groups is 2. The third kappa shape index (κ3) is 4.66. The average Bonchev–Trinajstić information content (AvgIpc) is 3.25. The first-order valence-corrected chi connectivity index (χ1v) is 12.5. The van der Waals surface area contributed by atoms with Gasteiger partial charge in [-0.3, -0.25) is 24.4 Å². The van der Waals surface area contributed by atoms with Crippen LogP contribution in [0.2, 0.25) is 0 Å². The molecular formula is C25H37N5O3. The first-order valence-electron chi connectivity index (χ1n) is 12.5. The van der Waals surface area contributed by atoms with Crippen LogP contribution < -0.4 is 5.32 Å². The summed E-state index contributed by atoms with van der Waals surface area (Å²) in [4.78, 5) is 37.6. The quantitative estimate of drug-likeness (QED) is 0.738. The lowest BCUT2D eigenvalue weighted by molar-refractivity contribution is -0.135. The van der Waals surface area contributed by atoms with Crippen LogP contribution in [0.25, 0.3) is 0 Å². The molecule has 8 nitrogen and oxygen atoms in total. The number of amides is 2. The Hall–Kier alpha value is -2.03. The molecule has 2 atom stereocenters. The van der Waals surface area contributed by atoms with E-state index in [-0.39, 0.29) is 23.9 Å². The zero-order chi connectivity index (χ0) is 23.0. The zero-order valence-electron chi connectivity index (χ0n) is 20.0. The van der Waals surface area contributed by atoms with Crippen molar-refractivity contribution in [2.75, 3.05) is 39.9 Å². The molecule has 0 unspecified atom stereocenters. The third-order valence-electron chi connectivity index (χ3n) is 8.48. The van der Waals surface area contributed by atoms with Gasteiger partial charge in [0.25, 0.3) is 0 Å². The highest BCUT2D eigenvalue weighted by Gasteiger charge is 2.49. The smallest absolute Gasteiger partial charge is 0.243 e. The van der Waals surface area contributed by atoms with Gasteiger partial charge in [0.15, 0.2) is 0 Å².